The molecule has 0 aliphatic heterocycles. The van der Waals surface area contributed by atoms with E-state index in [1.807, 2.05) is 25.2 Å². The SMILES string of the molecule is CNc1cnc(CCCCc2nnc(NC(=O)Cc3ccccn3)s2)cn1.O=CCc1cccc(OC(F)(F)F)c1. The van der Waals surface area contributed by atoms with Crippen molar-refractivity contribution < 1.29 is 27.5 Å². The molecular weight excluding hydrogens is 559 g/mol. The molecule has 0 aliphatic rings. The molecule has 10 nitrogen and oxygen atoms in total. The number of pyridine rings is 1. The summed E-state index contributed by atoms with van der Waals surface area (Å²) in [7, 11) is 1.82. The van der Waals surface area contributed by atoms with Gasteiger partial charge in [0.1, 0.15) is 22.9 Å². The van der Waals surface area contributed by atoms with Gasteiger partial charge >= 0.3 is 6.36 Å². The maximum absolute atomic E-state index is 12.0. The Labute approximate surface area is 238 Å². The Bertz CT molecular complexity index is 1370. The minimum absolute atomic E-state index is 0.0784. The normalized spacial score (nSPS) is 10.7. The van der Waals surface area contributed by atoms with Crippen LogP contribution in [0.4, 0.5) is 24.1 Å². The first-order valence-electron chi connectivity index (χ1n) is 12.5. The van der Waals surface area contributed by atoms with Crippen molar-refractivity contribution in [3.8, 4) is 5.75 Å². The molecule has 4 aromatic rings. The van der Waals surface area contributed by atoms with Gasteiger partial charge in [-0.15, -0.1) is 23.4 Å². The van der Waals surface area contributed by atoms with Crippen molar-refractivity contribution in [2.75, 3.05) is 17.7 Å². The average molecular weight is 588 g/mol. The summed E-state index contributed by atoms with van der Waals surface area (Å²) in [5, 5.41) is 15.4. The Kier molecular flexibility index (Phi) is 12.1. The Balaban J connectivity index is 0.000000278. The first-order valence-corrected chi connectivity index (χ1v) is 13.3. The molecule has 216 valence electrons. The third kappa shape index (κ3) is 12.1. The fourth-order valence-corrected chi connectivity index (χ4v) is 4.19. The van der Waals surface area contributed by atoms with Crippen molar-refractivity contribution in [2.45, 2.75) is 44.9 Å². The third-order valence-electron chi connectivity index (χ3n) is 5.27. The van der Waals surface area contributed by atoms with E-state index in [4.69, 9.17) is 0 Å². The van der Waals surface area contributed by atoms with Gasteiger partial charge in [0.15, 0.2) is 0 Å². The van der Waals surface area contributed by atoms with Crippen LogP contribution < -0.4 is 15.4 Å². The highest BCUT2D eigenvalue weighted by Crippen LogP contribution is 2.23. The second-order valence-electron chi connectivity index (χ2n) is 8.46. The van der Waals surface area contributed by atoms with Gasteiger partial charge in [-0.3, -0.25) is 14.8 Å². The number of hydrogen-bond acceptors (Lipinski definition) is 10. The predicted octanol–water partition coefficient (Wildman–Crippen LogP) is 4.84. The number of aryl methyl sites for hydroxylation is 2. The van der Waals surface area contributed by atoms with Crippen molar-refractivity contribution in [1.29, 1.82) is 0 Å². The smallest absolute Gasteiger partial charge is 0.406 e. The number of unbranched alkanes of at least 4 members (excludes halogenated alkanes) is 1. The number of benzene rings is 1. The maximum atomic E-state index is 12.0. The van der Waals surface area contributed by atoms with Gasteiger partial charge in [0.05, 0.1) is 24.5 Å². The molecule has 0 radical (unpaired) electrons. The number of anilines is 2. The fraction of sp³-hybridized carbons (Fsp3) is 0.296. The molecule has 0 atom stereocenters. The molecular formula is C27H28F3N7O3S. The number of alkyl halides is 3. The van der Waals surface area contributed by atoms with E-state index < -0.39 is 6.36 Å². The summed E-state index contributed by atoms with van der Waals surface area (Å²) in [6.07, 6.45) is 5.11. The zero-order valence-electron chi connectivity index (χ0n) is 22.1. The summed E-state index contributed by atoms with van der Waals surface area (Å²) in [6, 6.07) is 10.8. The Morgan fingerprint density at radius 2 is 1.83 bits per heavy atom. The molecule has 0 fully saturated rings. The highest BCUT2D eigenvalue weighted by Gasteiger charge is 2.31. The first kappa shape index (κ1) is 31.1. The van der Waals surface area contributed by atoms with Gasteiger partial charge < -0.3 is 20.2 Å². The third-order valence-corrected chi connectivity index (χ3v) is 6.17. The van der Waals surface area contributed by atoms with Crippen LogP contribution in [0.5, 0.6) is 5.75 Å². The van der Waals surface area contributed by atoms with Crippen LogP contribution in [0.25, 0.3) is 0 Å². The van der Waals surface area contributed by atoms with E-state index in [0.717, 1.165) is 47.9 Å². The Morgan fingerprint density at radius 1 is 1.00 bits per heavy atom. The van der Waals surface area contributed by atoms with Crippen LogP contribution in [0.15, 0.2) is 61.1 Å². The van der Waals surface area contributed by atoms with Crippen LogP contribution in [0.3, 0.4) is 0 Å². The number of amides is 1. The van der Waals surface area contributed by atoms with E-state index in [0.29, 0.717) is 17.0 Å². The summed E-state index contributed by atoms with van der Waals surface area (Å²) >= 11 is 1.41. The number of nitrogens with one attached hydrogen (secondary N) is 2. The van der Waals surface area contributed by atoms with E-state index in [9.17, 15) is 22.8 Å². The lowest BCUT2D eigenvalue weighted by molar-refractivity contribution is -0.274. The number of aldehydes is 1. The quantitative estimate of drug-likeness (QED) is 0.177. The molecule has 0 saturated heterocycles. The molecule has 0 bridgehead atoms. The van der Waals surface area contributed by atoms with Crippen molar-refractivity contribution in [3.63, 3.8) is 0 Å². The van der Waals surface area contributed by atoms with Crippen LogP contribution >= 0.6 is 11.3 Å². The number of hydrogen-bond donors (Lipinski definition) is 2. The summed E-state index contributed by atoms with van der Waals surface area (Å²) in [4.78, 5) is 34.9. The summed E-state index contributed by atoms with van der Waals surface area (Å²) in [6.45, 7) is 0. The van der Waals surface area contributed by atoms with Gasteiger partial charge in [-0.2, -0.15) is 0 Å². The van der Waals surface area contributed by atoms with E-state index in [1.165, 1.54) is 29.5 Å². The number of carbonyl (C=O) groups excluding carboxylic acids is 2. The monoisotopic (exact) mass is 587 g/mol. The maximum Gasteiger partial charge on any atom is 0.573 e. The van der Waals surface area contributed by atoms with Crippen molar-refractivity contribution >= 4 is 34.5 Å². The van der Waals surface area contributed by atoms with E-state index in [2.05, 4.69) is 40.5 Å². The van der Waals surface area contributed by atoms with Crippen LogP contribution in [-0.2, 0) is 35.3 Å². The van der Waals surface area contributed by atoms with Gasteiger partial charge in [0, 0.05) is 31.8 Å². The van der Waals surface area contributed by atoms with Gasteiger partial charge in [-0.1, -0.05) is 29.5 Å². The first-order chi connectivity index (χ1) is 19.7. The molecule has 0 aliphatic carbocycles. The molecule has 1 aromatic carbocycles. The molecule has 2 N–H and O–H groups in total. The van der Waals surface area contributed by atoms with Gasteiger partial charge in [0.25, 0.3) is 0 Å². The summed E-state index contributed by atoms with van der Waals surface area (Å²) < 4.78 is 39.0. The molecule has 0 spiro atoms. The second-order valence-corrected chi connectivity index (χ2v) is 9.53. The van der Waals surface area contributed by atoms with Crippen molar-refractivity contribution in [2.24, 2.45) is 0 Å². The van der Waals surface area contributed by atoms with Gasteiger partial charge in [-0.25, -0.2) is 4.98 Å². The number of carbonyl (C=O) groups is 2. The van der Waals surface area contributed by atoms with E-state index in [-0.39, 0.29) is 24.5 Å². The lowest BCUT2D eigenvalue weighted by atomic mass is 10.1. The molecule has 41 heavy (non-hydrogen) atoms. The molecule has 0 saturated carbocycles. The summed E-state index contributed by atoms with van der Waals surface area (Å²) in [5.74, 6) is 0.321. The molecule has 0 unspecified atom stereocenters. The number of aromatic nitrogens is 5. The predicted molar refractivity (Wildman–Crippen MR) is 148 cm³/mol. The van der Waals surface area contributed by atoms with Crippen molar-refractivity contribution in [3.05, 3.63) is 83.0 Å². The molecule has 3 heterocycles. The number of nitrogens with zero attached hydrogens (tertiary/aromatic N) is 5. The average Bonchev–Trinajstić information content (AvgIpc) is 3.38. The molecule has 1 amide bonds. The minimum Gasteiger partial charge on any atom is -0.406 e. The zero-order valence-corrected chi connectivity index (χ0v) is 22.9. The minimum atomic E-state index is -4.69. The van der Waals surface area contributed by atoms with E-state index >= 15 is 0 Å². The number of rotatable bonds is 12. The Morgan fingerprint density at radius 3 is 2.51 bits per heavy atom. The van der Waals surface area contributed by atoms with Crippen molar-refractivity contribution in [1.82, 2.24) is 25.1 Å². The van der Waals surface area contributed by atoms with E-state index in [1.54, 1.807) is 24.7 Å². The number of ether oxygens (including phenoxy) is 1. The topological polar surface area (TPSA) is 132 Å². The van der Waals surface area contributed by atoms with Crippen LogP contribution in [0.1, 0.15) is 34.8 Å². The zero-order chi connectivity index (χ0) is 29.5. The molecule has 14 heteroatoms. The standard InChI is InChI=1S/C18H21N7OS.C9H7F3O2/c1-19-15-12-21-14(11-22-15)7-2-3-8-17-24-25-18(27-17)23-16(26)10-13-6-4-5-9-20-13;10-9(11,12)14-8-3-1-2-7(6-8)4-5-13/h4-6,9,11-12H,2-3,7-8,10H2,1H3,(H,19,22)(H,23,25,26);1-3,5-6H,4H2. The summed E-state index contributed by atoms with van der Waals surface area (Å²) in [5.41, 5.74) is 2.20. The number of halogens is 3. The van der Waals surface area contributed by atoms with Crippen LogP contribution in [-0.4, -0.2) is 50.8 Å². The largest absolute Gasteiger partial charge is 0.573 e. The van der Waals surface area contributed by atoms with Gasteiger partial charge in [0.2, 0.25) is 11.0 Å². The second kappa shape index (κ2) is 16.0. The lowest BCUT2D eigenvalue weighted by Gasteiger charge is -2.08. The highest BCUT2D eigenvalue weighted by atomic mass is 32.1. The van der Waals surface area contributed by atoms with Gasteiger partial charge in [-0.05, 0) is 49.1 Å². The molecule has 3 aromatic heterocycles. The Hall–Kier alpha value is -4.46. The highest BCUT2D eigenvalue weighted by molar-refractivity contribution is 7.15. The lowest BCUT2D eigenvalue weighted by Crippen LogP contribution is -2.17. The van der Waals surface area contributed by atoms with Crippen LogP contribution in [0, 0.1) is 0 Å². The van der Waals surface area contributed by atoms with Crippen LogP contribution in [0.2, 0.25) is 0 Å². The fourth-order valence-electron chi connectivity index (χ4n) is 3.40. The molecule has 4 rings (SSSR count).